The summed E-state index contributed by atoms with van der Waals surface area (Å²) in [5.41, 5.74) is 0. The van der Waals surface area contributed by atoms with Crippen LogP contribution in [0.5, 0.6) is 0 Å². The molecule has 0 aliphatic carbocycles. The summed E-state index contributed by atoms with van der Waals surface area (Å²) in [6.45, 7) is 0. The van der Waals surface area contributed by atoms with Crippen molar-refractivity contribution in [3.8, 4) is 11.8 Å². The molecule has 10 heavy (non-hydrogen) atoms. The molecule has 0 saturated carbocycles. The average molecular weight is 219 g/mol. The first-order valence-corrected chi connectivity index (χ1v) is 3.95. The zero-order valence-electron chi connectivity index (χ0n) is 5.03. The first kappa shape index (κ1) is 7.71. The third kappa shape index (κ3) is 1.80. The highest BCUT2D eigenvalue weighted by Crippen LogP contribution is 2.15. The molecule has 0 N–H and O–H groups in total. The summed E-state index contributed by atoms with van der Waals surface area (Å²) in [6.07, 6.45) is 1.57. The Labute approximate surface area is 72.5 Å². The van der Waals surface area contributed by atoms with Gasteiger partial charge in [0, 0.05) is 0 Å². The van der Waals surface area contributed by atoms with Crippen LogP contribution in [-0.2, 0) is 0 Å². The number of furan rings is 1. The lowest BCUT2D eigenvalue weighted by Crippen LogP contribution is -1.67. The lowest BCUT2D eigenvalue weighted by Gasteiger charge is -1.79. The van der Waals surface area contributed by atoms with Crippen molar-refractivity contribution in [3.63, 3.8) is 0 Å². The van der Waals surface area contributed by atoms with Crippen LogP contribution >= 0.6 is 27.5 Å². The predicted octanol–water partition coefficient (Wildman–Crippen LogP) is 2.63. The molecule has 0 aromatic carbocycles. The van der Waals surface area contributed by atoms with Crippen molar-refractivity contribution in [2.45, 2.75) is 0 Å². The molecule has 1 rings (SSSR count). The normalized spacial score (nSPS) is 8.60. The van der Waals surface area contributed by atoms with E-state index in [2.05, 4.69) is 27.8 Å². The van der Waals surface area contributed by atoms with Crippen LogP contribution in [0.2, 0.25) is 0 Å². The molecule has 0 saturated heterocycles. The van der Waals surface area contributed by atoms with E-state index in [1.54, 1.807) is 12.3 Å². The van der Waals surface area contributed by atoms with E-state index < -0.39 is 0 Å². The van der Waals surface area contributed by atoms with Crippen molar-refractivity contribution in [3.05, 3.63) is 22.6 Å². The zero-order chi connectivity index (χ0) is 7.40. The highest BCUT2D eigenvalue weighted by molar-refractivity contribution is 9.10. The summed E-state index contributed by atoms with van der Waals surface area (Å²) in [7, 11) is 0. The highest BCUT2D eigenvalue weighted by Gasteiger charge is 1.96. The number of halogens is 2. The van der Waals surface area contributed by atoms with Crippen LogP contribution in [0.25, 0.3) is 0 Å². The summed E-state index contributed by atoms with van der Waals surface area (Å²) in [4.78, 5) is 0. The minimum Gasteiger partial charge on any atom is -0.455 e. The molecule has 0 aliphatic heterocycles. The number of hydrogen-bond donors (Lipinski definition) is 0. The van der Waals surface area contributed by atoms with Crippen LogP contribution in [0, 0.1) is 11.8 Å². The third-order valence-corrected chi connectivity index (χ3v) is 1.64. The van der Waals surface area contributed by atoms with Crippen molar-refractivity contribution in [1.29, 1.82) is 0 Å². The van der Waals surface area contributed by atoms with Crippen LogP contribution in [0.15, 0.2) is 21.2 Å². The number of alkyl halides is 1. The number of hydrogen-bond acceptors (Lipinski definition) is 1. The molecule has 0 fully saturated rings. The fourth-order valence-electron chi connectivity index (χ4n) is 0.497. The molecule has 1 nitrogen and oxygen atoms in total. The van der Waals surface area contributed by atoms with Gasteiger partial charge < -0.3 is 4.42 Å². The molecule has 1 aromatic rings. The Morgan fingerprint density at radius 1 is 1.70 bits per heavy atom. The van der Waals surface area contributed by atoms with E-state index >= 15 is 0 Å². The highest BCUT2D eigenvalue weighted by atomic mass is 79.9. The minimum absolute atomic E-state index is 0.327. The quantitative estimate of drug-likeness (QED) is 0.483. The first-order chi connectivity index (χ1) is 4.84. The summed E-state index contributed by atoms with van der Waals surface area (Å²) in [6, 6.07) is 1.79. The maximum atomic E-state index is 5.34. The minimum atomic E-state index is 0.327. The number of rotatable bonds is 0. The van der Waals surface area contributed by atoms with Gasteiger partial charge in [0.1, 0.15) is 0 Å². The molecular formula is C7H4BrClO. The maximum absolute atomic E-state index is 5.34. The molecule has 0 aliphatic rings. The standard InChI is InChI=1S/C7H4BrClO/c8-6-3-5-10-7(6)2-1-4-9/h3,5H,4H2. The van der Waals surface area contributed by atoms with Gasteiger partial charge in [-0.05, 0) is 27.9 Å². The molecule has 52 valence electrons. The maximum Gasteiger partial charge on any atom is 0.190 e. The van der Waals surface area contributed by atoms with Crippen molar-refractivity contribution in [1.82, 2.24) is 0 Å². The second-order valence-corrected chi connectivity index (χ2v) is 2.65. The lowest BCUT2D eigenvalue weighted by molar-refractivity contribution is 0.553. The monoisotopic (exact) mass is 218 g/mol. The molecule has 3 heteroatoms. The smallest absolute Gasteiger partial charge is 0.190 e. The van der Waals surface area contributed by atoms with E-state index in [1.165, 1.54) is 0 Å². The Hall–Kier alpha value is -0.390. The van der Waals surface area contributed by atoms with Gasteiger partial charge in [0.15, 0.2) is 5.76 Å². The second kappa shape index (κ2) is 3.70. The van der Waals surface area contributed by atoms with E-state index in [0.717, 1.165) is 4.47 Å². The van der Waals surface area contributed by atoms with Gasteiger partial charge in [-0.15, -0.1) is 11.6 Å². The van der Waals surface area contributed by atoms with Crippen molar-refractivity contribution >= 4 is 27.5 Å². The molecule has 0 amide bonds. The van der Waals surface area contributed by atoms with E-state index in [4.69, 9.17) is 16.0 Å². The third-order valence-electron chi connectivity index (χ3n) is 0.886. The van der Waals surface area contributed by atoms with Gasteiger partial charge in [-0.25, -0.2) is 0 Å². The molecular weight excluding hydrogens is 215 g/mol. The van der Waals surface area contributed by atoms with Crippen molar-refractivity contribution in [2.75, 3.05) is 5.88 Å². The Morgan fingerprint density at radius 2 is 2.50 bits per heavy atom. The van der Waals surface area contributed by atoms with Crippen LogP contribution in [0.3, 0.4) is 0 Å². The average Bonchev–Trinajstić information content (AvgIpc) is 2.31. The van der Waals surface area contributed by atoms with Crippen LogP contribution in [-0.4, -0.2) is 5.88 Å². The molecule has 0 bridgehead atoms. The Bertz CT molecular complexity index is 269. The van der Waals surface area contributed by atoms with Gasteiger partial charge in [-0.3, -0.25) is 0 Å². The summed E-state index contributed by atoms with van der Waals surface area (Å²) >= 11 is 8.60. The van der Waals surface area contributed by atoms with E-state index in [1.807, 2.05) is 0 Å². The Balaban J connectivity index is 2.84. The van der Waals surface area contributed by atoms with Gasteiger partial charge in [0.05, 0.1) is 16.6 Å². The van der Waals surface area contributed by atoms with Crippen LogP contribution < -0.4 is 0 Å². The molecule has 1 heterocycles. The topological polar surface area (TPSA) is 13.1 Å². The van der Waals surface area contributed by atoms with Gasteiger partial charge in [-0.1, -0.05) is 5.92 Å². The van der Waals surface area contributed by atoms with Crippen molar-refractivity contribution in [2.24, 2.45) is 0 Å². The first-order valence-electron chi connectivity index (χ1n) is 2.62. The van der Waals surface area contributed by atoms with E-state index in [9.17, 15) is 0 Å². The Kier molecular flexibility index (Phi) is 2.85. The lowest BCUT2D eigenvalue weighted by atomic mass is 10.4. The van der Waals surface area contributed by atoms with Gasteiger partial charge in [-0.2, -0.15) is 0 Å². The van der Waals surface area contributed by atoms with Crippen LogP contribution in [0.1, 0.15) is 5.76 Å². The second-order valence-electron chi connectivity index (χ2n) is 1.53. The Morgan fingerprint density at radius 3 is 3.00 bits per heavy atom. The largest absolute Gasteiger partial charge is 0.455 e. The molecule has 0 spiro atoms. The zero-order valence-corrected chi connectivity index (χ0v) is 7.37. The SMILES string of the molecule is ClCC#Cc1occc1Br. The summed E-state index contributed by atoms with van der Waals surface area (Å²) in [5.74, 6) is 6.38. The predicted molar refractivity (Wildman–Crippen MR) is 44.0 cm³/mol. The van der Waals surface area contributed by atoms with E-state index in [-0.39, 0.29) is 0 Å². The fraction of sp³-hybridized carbons (Fsp3) is 0.143. The van der Waals surface area contributed by atoms with Crippen LogP contribution in [0.4, 0.5) is 0 Å². The van der Waals surface area contributed by atoms with E-state index in [0.29, 0.717) is 11.6 Å². The fourth-order valence-corrected chi connectivity index (χ4v) is 0.864. The van der Waals surface area contributed by atoms with Gasteiger partial charge in [0.25, 0.3) is 0 Å². The molecule has 1 aromatic heterocycles. The summed E-state index contributed by atoms with van der Waals surface area (Å²) in [5, 5.41) is 0. The molecule has 0 atom stereocenters. The molecule has 0 radical (unpaired) electrons. The van der Waals surface area contributed by atoms with Crippen molar-refractivity contribution < 1.29 is 4.42 Å². The summed E-state index contributed by atoms with van der Waals surface area (Å²) < 4.78 is 5.85. The van der Waals surface area contributed by atoms with Gasteiger partial charge >= 0.3 is 0 Å². The van der Waals surface area contributed by atoms with Gasteiger partial charge in [0.2, 0.25) is 0 Å². The molecule has 0 unspecified atom stereocenters.